The minimum atomic E-state index is -0.151. The lowest BCUT2D eigenvalue weighted by atomic mass is 9.95. The van der Waals surface area contributed by atoms with Crippen LogP contribution in [0.1, 0.15) is 58.8 Å². The Bertz CT molecular complexity index is 155. The number of rotatable bonds is 6. The van der Waals surface area contributed by atoms with Gasteiger partial charge in [0.05, 0.1) is 6.10 Å². The van der Waals surface area contributed by atoms with Crippen molar-refractivity contribution in [3.05, 3.63) is 0 Å². The maximum Gasteiger partial charge on any atom is 0.0667 e. The van der Waals surface area contributed by atoms with Crippen molar-refractivity contribution in [1.82, 2.24) is 5.32 Å². The van der Waals surface area contributed by atoms with Crippen LogP contribution in [0.4, 0.5) is 0 Å². The second kappa shape index (κ2) is 7.24. The van der Waals surface area contributed by atoms with Gasteiger partial charge >= 0.3 is 0 Å². The van der Waals surface area contributed by atoms with Gasteiger partial charge in [0.25, 0.3) is 0 Å². The molecule has 0 spiro atoms. The third kappa shape index (κ3) is 5.53. The Hall–Kier alpha value is -0.0800. The molecule has 1 fully saturated rings. The van der Waals surface area contributed by atoms with E-state index in [2.05, 4.69) is 19.2 Å². The van der Waals surface area contributed by atoms with Crippen molar-refractivity contribution >= 4 is 0 Å². The molecule has 2 atom stereocenters. The summed E-state index contributed by atoms with van der Waals surface area (Å²) in [6.45, 7) is 5.19. The van der Waals surface area contributed by atoms with Gasteiger partial charge in [0.1, 0.15) is 0 Å². The van der Waals surface area contributed by atoms with Crippen LogP contribution in [0, 0.1) is 5.92 Å². The van der Waals surface area contributed by atoms with Crippen LogP contribution in [0.2, 0.25) is 0 Å². The van der Waals surface area contributed by atoms with Crippen molar-refractivity contribution in [2.75, 3.05) is 6.54 Å². The topological polar surface area (TPSA) is 32.3 Å². The Morgan fingerprint density at radius 2 is 1.93 bits per heavy atom. The first-order chi connectivity index (χ1) is 7.22. The maximum atomic E-state index is 9.82. The van der Waals surface area contributed by atoms with Crippen LogP contribution < -0.4 is 5.32 Å². The fourth-order valence-corrected chi connectivity index (χ4v) is 2.32. The highest BCUT2D eigenvalue weighted by Gasteiger charge is 2.15. The van der Waals surface area contributed by atoms with Gasteiger partial charge in [-0.3, -0.25) is 0 Å². The van der Waals surface area contributed by atoms with Gasteiger partial charge in [-0.15, -0.1) is 0 Å². The molecule has 0 aromatic carbocycles. The summed E-state index contributed by atoms with van der Waals surface area (Å²) in [5.41, 5.74) is 0. The van der Waals surface area contributed by atoms with Crippen LogP contribution in [0.15, 0.2) is 0 Å². The van der Waals surface area contributed by atoms with E-state index in [1.165, 1.54) is 38.5 Å². The zero-order chi connectivity index (χ0) is 11.1. The molecule has 15 heavy (non-hydrogen) atoms. The number of hydrogen-bond donors (Lipinski definition) is 2. The van der Waals surface area contributed by atoms with Crippen LogP contribution in [0.5, 0.6) is 0 Å². The van der Waals surface area contributed by atoms with Gasteiger partial charge in [-0.1, -0.05) is 39.5 Å². The molecule has 2 N–H and O–H groups in total. The SMILES string of the molecule is CCC(C)CC(O)CNC1CCCCC1. The van der Waals surface area contributed by atoms with Gasteiger partial charge in [0, 0.05) is 12.6 Å². The zero-order valence-electron chi connectivity index (χ0n) is 10.3. The Morgan fingerprint density at radius 3 is 2.53 bits per heavy atom. The summed E-state index contributed by atoms with van der Waals surface area (Å²) >= 11 is 0. The largest absolute Gasteiger partial charge is 0.392 e. The van der Waals surface area contributed by atoms with E-state index in [-0.39, 0.29) is 6.10 Å². The first-order valence-electron chi connectivity index (χ1n) is 6.63. The van der Waals surface area contributed by atoms with Gasteiger partial charge in [-0.25, -0.2) is 0 Å². The minimum absolute atomic E-state index is 0.151. The van der Waals surface area contributed by atoms with Crippen LogP contribution in [-0.4, -0.2) is 23.8 Å². The predicted molar refractivity (Wildman–Crippen MR) is 65.0 cm³/mol. The van der Waals surface area contributed by atoms with Crippen molar-refractivity contribution in [3.8, 4) is 0 Å². The van der Waals surface area contributed by atoms with Crippen molar-refractivity contribution in [2.24, 2.45) is 5.92 Å². The van der Waals surface area contributed by atoms with E-state index in [1.54, 1.807) is 0 Å². The second-order valence-electron chi connectivity index (χ2n) is 5.15. The fourth-order valence-electron chi connectivity index (χ4n) is 2.32. The number of nitrogens with one attached hydrogen (secondary N) is 1. The first-order valence-corrected chi connectivity index (χ1v) is 6.63. The Morgan fingerprint density at radius 1 is 1.27 bits per heavy atom. The average Bonchev–Trinajstić information content (AvgIpc) is 2.27. The van der Waals surface area contributed by atoms with E-state index in [1.807, 2.05) is 0 Å². The molecule has 0 radical (unpaired) electrons. The fraction of sp³-hybridized carbons (Fsp3) is 1.00. The Balaban J connectivity index is 2.07. The third-order valence-electron chi connectivity index (χ3n) is 3.62. The molecule has 0 aliphatic heterocycles. The van der Waals surface area contributed by atoms with Crippen LogP contribution >= 0.6 is 0 Å². The molecule has 2 nitrogen and oxygen atoms in total. The lowest BCUT2D eigenvalue weighted by Crippen LogP contribution is -2.37. The summed E-state index contributed by atoms with van der Waals surface area (Å²) in [7, 11) is 0. The van der Waals surface area contributed by atoms with E-state index in [9.17, 15) is 5.11 Å². The smallest absolute Gasteiger partial charge is 0.0667 e. The van der Waals surface area contributed by atoms with Crippen molar-refractivity contribution < 1.29 is 5.11 Å². The lowest BCUT2D eigenvalue weighted by Gasteiger charge is -2.25. The van der Waals surface area contributed by atoms with Gasteiger partial charge in [0.2, 0.25) is 0 Å². The van der Waals surface area contributed by atoms with E-state index >= 15 is 0 Å². The molecule has 90 valence electrons. The molecule has 0 heterocycles. The van der Waals surface area contributed by atoms with Gasteiger partial charge in [0.15, 0.2) is 0 Å². The first kappa shape index (κ1) is 13.0. The zero-order valence-corrected chi connectivity index (χ0v) is 10.3. The molecule has 1 aliphatic carbocycles. The molecule has 0 saturated heterocycles. The molecule has 0 aromatic heterocycles. The summed E-state index contributed by atoms with van der Waals surface area (Å²) in [5.74, 6) is 0.646. The highest BCUT2D eigenvalue weighted by atomic mass is 16.3. The van der Waals surface area contributed by atoms with E-state index in [0.29, 0.717) is 12.0 Å². The van der Waals surface area contributed by atoms with Crippen LogP contribution in [0.3, 0.4) is 0 Å². The molecule has 1 rings (SSSR count). The molecule has 1 aliphatic rings. The van der Waals surface area contributed by atoms with Gasteiger partial charge in [-0.05, 0) is 25.2 Å². The summed E-state index contributed by atoms with van der Waals surface area (Å²) in [6.07, 6.45) is 8.68. The number of aliphatic hydroxyl groups excluding tert-OH is 1. The van der Waals surface area contributed by atoms with Crippen molar-refractivity contribution in [1.29, 1.82) is 0 Å². The highest BCUT2D eigenvalue weighted by molar-refractivity contribution is 4.74. The Labute approximate surface area is 94.5 Å². The predicted octanol–water partition coefficient (Wildman–Crippen LogP) is 2.71. The molecule has 0 aromatic rings. The monoisotopic (exact) mass is 213 g/mol. The number of hydrogen-bond acceptors (Lipinski definition) is 2. The minimum Gasteiger partial charge on any atom is -0.392 e. The molecular weight excluding hydrogens is 186 g/mol. The highest BCUT2D eigenvalue weighted by Crippen LogP contribution is 2.17. The summed E-state index contributed by atoms with van der Waals surface area (Å²) in [4.78, 5) is 0. The lowest BCUT2D eigenvalue weighted by molar-refractivity contribution is 0.135. The molecule has 2 unspecified atom stereocenters. The molecule has 0 bridgehead atoms. The van der Waals surface area contributed by atoms with Crippen molar-refractivity contribution in [2.45, 2.75) is 70.9 Å². The maximum absolute atomic E-state index is 9.82. The standard InChI is InChI=1S/C13H27NO/c1-3-11(2)9-13(15)10-14-12-7-5-4-6-8-12/h11-15H,3-10H2,1-2H3. The van der Waals surface area contributed by atoms with E-state index in [0.717, 1.165) is 13.0 Å². The molecule has 2 heteroatoms. The molecule has 1 saturated carbocycles. The molecular formula is C13H27NO. The van der Waals surface area contributed by atoms with Crippen LogP contribution in [0.25, 0.3) is 0 Å². The quantitative estimate of drug-likeness (QED) is 0.711. The average molecular weight is 213 g/mol. The Kier molecular flexibility index (Phi) is 6.26. The normalized spacial score (nSPS) is 22.6. The summed E-state index contributed by atoms with van der Waals surface area (Å²) in [6, 6.07) is 0.672. The van der Waals surface area contributed by atoms with Gasteiger partial charge < -0.3 is 10.4 Å². The molecule has 0 amide bonds. The third-order valence-corrected chi connectivity index (χ3v) is 3.62. The van der Waals surface area contributed by atoms with Gasteiger partial charge in [-0.2, -0.15) is 0 Å². The van der Waals surface area contributed by atoms with E-state index in [4.69, 9.17) is 0 Å². The van der Waals surface area contributed by atoms with Crippen molar-refractivity contribution in [3.63, 3.8) is 0 Å². The second-order valence-corrected chi connectivity index (χ2v) is 5.15. The summed E-state index contributed by atoms with van der Waals surface area (Å²) in [5, 5.41) is 13.3. The summed E-state index contributed by atoms with van der Waals surface area (Å²) < 4.78 is 0. The van der Waals surface area contributed by atoms with Crippen LogP contribution in [-0.2, 0) is 0 Å². The van der Waals surface area contributed by atoms with E-state index < -0.39 is 0 Å². The number of aliphatic hydroxyl groups is 1.